The number of hydrogen-bond donors (Lipinski definition) is 0. The summed E-state index contributed by atoms with van der Waals surface area (Å²) in [6.45, 7) is 0. The number of aromatic nitrogens is 5. The molecule has 11 rings (SSSR count). The van der Waals surface area contributed by atoms with Crippen LogP contribution >= 0.6 is 0 Å². The smallest absolute Gasteiger partial charge is 0.166 e. The second kappa shape index (κ2) is 13.6. The van der Waals surface area contributed by atoms with Gasteiger partial charge in [0.15, 0.2) is 17.5 Å². The van der Waals surface area contributed by atoms with Crippen LogP contribution in [0, 0.1) is 11.3 Å². The summed E-state index contributed by atoms with van der Waals surface area (Å²) in [5, 5.41) is 14.6. The number of hydrogen-bond acceptors (Lipinski definition) is 4. The maximum Gasteiger partial charge on any atom is 0.166 e. The monoisotopic (exact) mass is 740 g/mol. The number of fused-ring (bicyclic) bond motifs is 6. The molecule has 3 heterocycles. The first-order chi connectivity index (χ1) is 28.7. The van der Waals surface area contributed by atoms with Gasteiger partial charge in [0.25, 0.3) is 0 Å². The molecule has 0 spiro atoms. The predicted octanol–water partition coefficient (Wildman–Crippen LogP) is 12.6. The molecule has 0 saturated heterocycles. The Morgan fingerprint density at radius 1 is 0.362 bits per heavy atom. The van der Waals surface area contributed by atoms with E-state index in [1.165, 1.54) is 10.8 Å². The fraction of sp³-hybridized carbons (Fsp3) is 0. The summed E-state index contributed by atoms with van der Waals surface area (Å²) < 4.78 is 4.58. The minimum atomic E-state index is 0.550. The van der Waals surface area contributed by atoms with E-state index in [-0.39, 0.29) is 0 Å². The zero-order chi connectivity index (χ0) is 38.6. The normalized spacial score (nSPS) is 11.4. The summed E-state index contributed by atoms with van der Waals surface area (Å²) >= 11 is 0. The molecule has 11 aromatic rings. The maximum atomic E-state index is 10.0. The van der Waals surface area contributed by atoms with Crippen LogP contribution in [-0.4, -0.2) is 24.1 Å². The predicted molar refractivity (Wildman–Crippen MR) is 235 cm³/mol. The lowest BCUT2D eigenvalue weighted by Crippen LogP contribution is -2.04. The van der Waals surface area contributed by atoms with Crippen LogP contribution in [0.5, 0.6) is 0 Å². The van der Waals surface area contributed by atoms with Crippen LogP contribution < -0.4 is 0 Å². The molecule has 58 heavy (non-hydrogen) atoms. The van der Waals surface area contributed by atoms with Crippen molar-refractivity contribution in [3.05, 3.63) is 200 Å². The molecule has 270 valence electrons. The molecule has 8 aromatic carbocycles. The second-order valence-electron chi connectivity index (χ2n) is 14.4. The van der Waals surface area contributed by atoms with E-state index in [1.54, 1.807) is 0 Å². The fourth-order valence-corrected chi connectivity index (χ4v) is 8.33. The van der Waals surface area contributed by atoms with Gasteiger partial charge in [0.05, 0.1) is 39.4 Å². The van der Waals surface area contributed by atoms with E-state index in [4.69, 9.17) is 15.0 Å². The minimum absolute atomic E-state index is 0.550. The lowest BCUT2D eigenvalue weighted by molar-refractivity contribution is 1.06. The largest absolute Gasteiger partial charge is 0.309 e. The van der Waals surface area contributed by atoms with Gasteiger partial charge in [-0.15, -0.1) is 0 Å². The molecule has 6 heteroatoms. The average molecular weight is 741 g/mol. The summed E-state index contributed by atoms with van der Waals surface area (Å²) in [5.41, 5.74) is 11.6. The summed E-state index contributed by atoms with van der Waals surface area (Å²) in [7, 11) is 0. The van der Waals surface area contributed by atoms with Crippen molar-refractivity contribution < 1.29 is 0 Å². The Balaban J connectivity index is 1.20. The highest BCUT2D eigenvalue weighted by Crippen LogP contribution is 2.40. The van der Waals surface area contributed by atoms with E-state index >= 15 is 0 Å². The van der Waals surface area contributed by atoms with E-state index in [2.05, 4.69) is 130 Å². The Morgan fingerprint density at radius 3 is 1.55 bits per heavy atom. The molecule has 6 nitrogen and oxygen atoms in total. The van der Waals surface area contributed by atoms with Crippen molar-refractivity contribution in [3.63, 3.8) is 0 Å². The number of nitriles is 1. The average Bonchev–Trinajstić information content (AvgIpc) is 3.81. The number of para-hydroxylation sites is 3. The van der Waals surface area contributed by atoms with Gasteiger partial charge in [-0.1, -0.05) is 133 Å². The molecule has 0 N–H and O–H groups in total. The first kappa shape index (κ1) is 33.2. The molecule has 0 fully saturated rings. The van der Waals surface area contributed by atoms with Gasteiger partial charge in [0.2, 0.25) is 0 Å². The van der Waals surface area contributed by atoms with Gasteiger partial charge in [0.1, 0.15) is 0 Å². The van der Waals surface area contributed by atoms with Gasteiger partial charge in [-0.05, 0) is 71.8 Å². The fourth-order valence-electron chi connectivity index (χ4n) is 8.33. The van der Waals surface area contributed by atoms with Crippen molar-refractivity contribution in [2.75, 3.05) is 0 Å². The van der Waals surface area contributed by atoms with Crippen LogP contribution in [0.25, 0.3) is 100 Å². The van der Waals surface area contributed by atoms with Gasteiger partial charge < -0.3 is 9.13 Å². The molecular weight excluding hydrogens is 709 g/mol. The Morgan fingerprint density at radius 2 is 0.879 bits per heavy atom. The van der Waals surface area contributed by atoms with Gasteiger partial charge in [-0.3, -0.25) is 0 Å². The molecule has 0 aliphatic rings. The van der Waals surface area contributed by atoms with Crippen molar-refractivity contribution in [1.29, 1.82) is 5.26 Å². The van der Waals surface area contributed by atoms with Gasteiger partial charge in [-0.25, -0.2) is 15.0 Å². The minimum Gasteiger partial charge on any atom is -0.309 e. The highest BCUT2D eigenvalue weighted by Gasteiger charge is 2.21. The standard InChI is InChI=1S/C52H32N6/c53-33-34-24-27-42-40-20-10-13-23-46(40)58(49(42)30-34)48-29-26-38(37-25-28-47-43(31-37)41-21-11-12-22-45(41)57(47)39-18-8-3-9-19-39)32-44(48)52-55-50(35-14-4-1-5-15-35)54-51(56-52)36-16-6-2-7-17-36/h1-32H. The molecule has 0 unspecified atom stereocenters. The van der Waals surface area contributed by atoms with Crippen molar-refractivity contribution >= 4 is 43.6 Å². The lowest BCUT2D eigenvalue weighted by Gasteiger charge is -2.16. The third kappa shape index (κ3) is 5.45. The van der Waals surface area contributed by atoms with E-state index in [0.29, 0.717) is 23.0 Å². The molecule has 0 aliphatic heterocycles. The summed E-state index contributed by atoms with van der Waals surface area (Å²) in [6.07, 6.45) is 0. The zero-order valence-corrected chi connectivity index (χ0v) is 31.2. The Labute approximate surface area is 334 Å². The third-order valence-electron chi connectivity index (χ3n) is 11.0. The Hall–Kier alpha value is -8.14. The molecular formula is C52H32N6. The van der Waals surface area contributed by atoms with Crippen molar-refractivity contribution in [2.24, 2.45) is 0 Å². The Bertz CT molecular complexity index is 3340. The van der Waals surface area contributed by atoms with E-state index in [0.717, 1.165) is 72.0 Å². The highest BCUT2D eigenvalue weighted by atomic mass is 15.1. The number of benzene rings is 8. The zero-order valence-electron chi connectivity index (χ0n) is 31.2. The highest BCUT2D eigenvalue weighted by molar-refractivity contribution is 6.11. The lowest BCUT2D eigenvalue weighted by atomic mass is 9.99. The van der Waals surface area contributed by atoms with Crippen LogP contribution in [0.1, 0.15) is 5.56 Å². The molecule has 0 radical (unpaired) electrons. The van der Waals surface area contributed by atoms with E-state index < -0.39 is 0 Å². The second-order valence-corrected chi connectivity index (χ2v) is 14.4. The van der Waals surface area contributed by atoms with Gasteiger partial charge in [0, 0.05) is 43.9 Å². The van der Waals surface area contributed by atoms with Crippen molar-refractivity contribution in [1.82, 2.24) is 24.1 Å². The van der Waals surface area contributed by atoms with Crippen LogP contribution in [0.3, 0.4) is 0 Å². The Kier molecular flexibility index (Phi) is 7.76. The summed E-state index contributed by atoms with van der Waals surface area (Å²) in [5.74, 6) is 1.73. The van der Waals surface area contributed by atoms with E-state index in [1.807, 2.05) is 78.9 Å². The van der Waals surface area contributed by atoms with Crippen molar-refractivity contribution in [3.8, 4) is 62.7 Å². The topological polar surface area (TPSA) is 72.3 Å². The van der Waals surface area contributed by atoms with Crippen LogP contribution in [0.2, 0.25) is 0 Å². The van der Waals surface area contributed by atoms with Gasteiger partial charge in [-0.2, -0.15) is 5.26 Å². The van der Waals surface area contributed by atoms with E-state index in [9.17, 15) is 5.26 Å². The third-order valence-corrected chi connectivity index (χ3v) is 11.0. The first-order valence-corrected chi connectivity index (χ1v) is 19.3. The summed E-state index contributed by atoms with van der Waals surface area (Å²) in [6, 6.07) is 69.2. The van der Waals surface area contributed by atoms with Crippen LogP contribution in [0.15, 0.2) is 194 Å². The molecule has 0 atom stereocenters. The van der Waals surface area contributed by atoms with Gasteiger partial charge >= 0.3 is 0 Å². The quantitative estimate of drug-likeness (QED) is 0.170. The maximum absolute atomic E-state index is 10.0. The first-order valence-electron chi connectivity index (χ1n) is 19.3. The van der Waals surface area contributed by atoms with Crippen molar-refractivity contribution in [2.45, 2.75) is 0 Å². The molecule has 0 bridgehead atoms. The number of nitrogens with zero attached hydrogens (tertiary/aromatic N) is 6. The number of rotatable bonds is 6. The molecule has 3 aromatic heterocycles. The van der Waals surface area contributed by atoms with Crippen LogP contribution in [-0.2, 0) is 0 Å². The molecule has 0 saturated carbocycles. The molecule has 0 aliphatic carbocycles. The SMILES string of the molecule is N#Cc1ccc2c3ccccc3n(-c3ccc(-c4ccc5c(c4)c4ccccc4n5-c4ccccc4)cc3-c3nc(-c4ccccc4)nc(-c4ccccc4)n3)c2c1. The summed E-state index contributed by atoms with van der Waals surface area (Å²) in [4.78, 5) is 15.5. The van der Waals surface area contributed by atoms with Crippen LogP contribution in [0.4, 0.5) is 0 Å². The molecule has 0 amide bonds.